The zero-order chi connectivity index (χ0) is 16.1. The predicted octanol–water partition coefficient (Wildman–Crippen LogP) is 4.50. The predicted molar refractivity (Wildman–Crippen MR) is 99.8 cm³/mol. The molecule has 0 amide bonds. The number of benzene rings is 2. The molecule has 112 valence electrons. The molecule has 23 heavy (non-hydrogen) atoms. The Balaban J connectivity index is 2.00. The maximum Gasteiger partial charge on any atom is 0.113 e. The topological polar surface area (TPSA) is 12.9 Å². The van der Waals surface area contributed by atoms with Gasteiger partial charge in [-0.1, -0.05) is 77.9 Å². The van der Waals surface area contributed by atoms with Crippen LogP contribution in [-0.4, -0.2) is 12.8 Å². The maximum absolute atomic E-state index is 6.06. The number of pyridine rings is 1. The first-order valence-electron chi connectivity index (χ1n) is 7.35. The normalized spacial score (nSPS) is 12.0. The molecule has 0 aliphatic heterocycles. The number of hydrogen-bond acceptors (Lipinski definition) is 2. The van der Waals surface area contributed by atoms with Crippen molar-refractivity contribution >= 4 is 36.7 Å². The lowest BCUT2D eigenvalue weighted by molar-refractivity contribution is 1.05. The van der Waals surface area contributed by atoms with Gasteiger partial charge in [0.1, 0.15) is 12.9 Å². The lowest BCUT2D eigenvalue weighted by atomic mass is 9.94. The highest BCUT2D eigenvalue weighted by Gasteiger charge is 2.17. The largest absolute Gasteiger partial charge is 0.250 e. The fraction of sp³-hybridized carbons (Fsp3) is 0.105. The Labute approximate surface area is 147 Å². The molecule has 0 N–H and O–H groups in total. The summed E-state index contributed by atoms with van der Waals surface area (Å²) in [5.41, 5.74) is 4.25. The van der Waals surface area contributed by atoms with Gasteiger partial charge < -0.3 is 0 Å². The van der Waals surface area contributed by atoms with Crippen LogP contribution < -0.4 is 5.46 Å². The standard InChI is InChI=1S/C19H15BClNS/c20-17-10-8-15(9-11-17)18(14-5-2-1-3-6-14)23-19-16(13-21)7-4-12-22-19/h1-12,18H,13H2. The Morgan fingerprint density at radius 1 is 0.913 bits per heavy atom. The monoisotopic (exact) mass is 335 g/mol. The van der Waals surface area contributed by atoms with E-state index >= 15 is 0 Å². The number of aromatic nitrogens is 1. The average Bonchev–Trinajstić information content (AvgIpc) is 2.61. The minimum Gasteiger partial charge on any atom is -0.250 e. The first-order chi connectivity index (χ1) is 11.3. The summed E-state index contributed by atoms with van der Waals surface area (Å²) in [5, 5.41) is 1.11. The van der Waals surface area contributed by atoms with E-state index in [1.165, 1.54) is 11.1 Å². The molecule has 0 saturated heterocycles. The van der Waals surface area contributed by atoms with Gasteiger partial charge in [-0.3, -0.25) is 0 Å². The van der Waals surface area contributed by atoms with Crippen molar-refractivity contribution in [3.8, 4) is 0 Å². The molecule has 1 unspecified atom stereocenters. The smallest absolute Gasteiger partial charge is 0.113 e. The van der Waals surface area contributed by atoms with E-state index in [1.54, 1.807) is 11.8 Å². The van der Waals surface area contributed by atoms with Gasteiger partial charge >= 0.3 is 0 Å². The van der Waals surface area contributed by atoms with Crippen molar-refractivity contribution in [1.29, 1.82) is 0 Å². The van der Waals surface area contributed by atoms with Crippen LogP contribution in [0.25, 0.3) is 0 Å². The number of alkyl halides is 1. The number of rotatable bonds is 5. The van der Waals surface area contributed by atoms with Crippen molar-refractivity contribution in [3.63, 3.8) is 0 Å². The van der Waals surface area contributed by atoms with Gasteiger partial charge in [0, 0.05) is 6.20 Å². The van der Waals surface area contributed by atoms with Crippen molar-refractivity contribution in [3.05, 3.63) is 89.6 Å². The van der Waals surface area contributed by atoms with Gasteiger partial charge in [-0.05, 0) is 22.8 Å². The summed E-state index contributed by atoms with van der Waals surface area (Å²) >= 11 is 7.77. The second-order valence-corrected chi connectivity index (χ2v) is 6.54. The molecule has 3 rings (SSSR count). The molecule has 1 aromatic heterocycles. The molecule has 1 heterocycles. The van der Waals surface area contributed by atoms with Gasteiger partial charge in [-0.2, -0.15) is 0 Å². The Kier molecular flexibility index (Phi) is 5.42. The quantitative estimate of drug-likeness (QED) is 0.387. The Hall–Kier alpha value is -1.71. The highest BCUT2D eigenvalue weighted by atomic mass is 35.5. The van der Waals surface area contributed by atoms with Gasteiger partial charge in [-0.15, -0.1) is 11.6 Å². The van der Waals surface area contributed by atoms with Gasteiger partial charge in [-0.25, -0.2) is 4.98 Å². The van der Waals surface area contributed by atoms with Crippen molar-refractivity contribution < 1.29 is 0 Å². The van der Waals surface area contributed by atoms with Crippen LogP contribution in [0.1, 0.15) is 21.9 Å². The minimum atomic E-state index is 0.147. The highest BCUT2D eigenvalue weighted by Crippen LogP contribution is 2.40. The highest BCUT2D eigenvalue weighted by molar-refractivity contribution is 7.99. The van der Waals surface area contributed by atoms with Crippen molar-refractivity contribution in [2.45, 2.75) is 16.2 Å². The minimum absolute atomic E-state index is 0.147. The summed E-state index contributed by atoms with van der Waals surface area (Å²) < 4.78 is 0. The number of thioether (sulfide) groups is 1. The molecule has 2 aromatic carbocycles. The summed E-state index contributed by atoms with van der Waals surface area (Å²) in [6.07, 6.45) is 1.81. The van der Waals surface area contributed by atoms with E-state index in [1.807, 2.05) is 36.5 Å². The summed E-state index contributed by atoms with van der Waals surface area (Å²) in [6.45, 7) is 0. The molecule has 4 heteroatoms. The van der Waals surface area contributed by atoms with Crippen molar-refractivity contribution in [1.82, 2.24) is 4.98 Å². The molecule has 0 saturated carbocycles. The first kappa shape index (κ1) is 16.2. The zero-order valence-electron chi connectivity index (χ0n) is 12.5. The van der Waals surface area contributed by atoms with Gasteiger partial charge in [0.05, 0.1) is 11.1 Å². The molecule has 3 aromatic rings. The van der Waals surface area contributed by atoms with E-state index in [-0.39, 0.29) is 5.25 Å². The van der Waals surface area contributed by atoms with Crippen LogP contribution in [0.15, 0.2) is 78.0 Å². The Morgan fingerprint density at radius 2 is 1.61 bits per heavy atom. The van der Waals surface area contributed by atoms with Crippen LogP contribution in [0.5, 0.6) is 0 Å². The third-order valence-corrected chi connectivity index (χ3v) is 5.22. The van der Waals surface area contributed by atoms with E-state index < -0.39 is 0 Å². The van der Waals surface area contributed by atoms with Gasteiger partial charge in [0.2, 0.25) is 0 Å². The lowest BCUT2D eigenvalue weighted by Gasteiger charge is -2.18. The SMILES string of the molecule is [B]c1ccc(C(Sc2ncccc2CCl)c2ccccc2)cc1. The third kappa shape index (κ3) is 3.98. The molecule has 0 bridgehead atoms. The Morgan fingerprint density at radius 3 is 2.30 bits per heavy atom. The summed E-state index contributed by atoms with van der Waals surface area (Å²) in [6, 6.07) is 22.4. The molecule has 0 aliphatic carbocycles. The number of nitrogens with zero attached hydrogens (tertiary/aromatic N) is 1. The molecular weight excluding hydrogens is 321 g/mol. The second kappa shape index (κ2) is 7.71. The maximum atomic E-state index is 6.06. The molecule has 1 nitrogen and oxygen atoms in total. The van der Waals surface area contributed by atoms with E-state index in [4.69, 9.17) is 19.4 Å². The van der Waals surface area contributed by atoms with Crippen LogP contribution >= 0.6 is 23.4 Å². The van der Waals surface area contributed by atoms with Gasteiger partial charge in [0.15, 0.2) is 0 Å². The van der Waals surface area contributed by atoms with Crippen LogP contribution in [-0.2, 0) is 5.88 Å². The molecule has 0 fully saturated rings. The fourth-order valence-corrected chi connectivity index (χ4v) is 3.89. The third-order valence-electron chi connectivity index (χ3n) is 3.56. The summed E-state index contributed by atoms with van der Waals surface area (Å²) in [5.74, 6) is 0.458. The van der Waals surface area contributed by atoms with E-state index in [9.17, 15) is 0 Å². The van der Waals surface area contributed by atoms with Gasteiger partial charge in [0.25, 0.3) is 0 Å². The number of halogens is 1. The van der Waals surface area contributed by atoms with Crippen molar-refractivity contribution in [2.75, 3.05) is 0 Å². The molecule has 0 spiro atoms. The first-order valence-corrected chi connectivity index (χ1v) is 8.76. The van der Waals surface area contributed by atoms with E-state index in [0.29, 0.717) is 5.88 Å². The molecule has 0 aliphatic rings. The van der Waals surface area contributed by atoms with Crippen LogP contribution in [0.4, 0.5) is 0 Å². The number of hydrogen-bond donors (Lipinski definition) is 0. The van der Waals surface area contributed by atoms with Crippen LogP contribution in [0.3, 0.4) is 0 Å². The molecule has 1 atom stereocenters. The fourth-order valence-electron chi connectivity index (χ4n) is 2.37. The lowest BCUT2D eigenvalue weighted by Crippen LogP contribution is -2.04. The Bertz CT molecular complexity index is 762. The van der Waals surface area contributed by atoms with Crippen LogP contribution in [0.2, 0.25) is 0 Å². The van der Waals surface area contributed by atoms with E-state index in [0.717, 1.165) is 16.1 Å². The van der Waals surface area contributed by atoms with E-state index in [2.05, 4.69) is 41.4 Å². The molecule has 2 radical (unpaired) electrons. The second-order valence-electron chi connectivity index (χ2n) is 5.18. The van der Waals surface area contributed by atoms with Crippen LogP contribution in [0, 0.1) is 0 Å². The summed E-state index contributed by atoms with van der Waals surface area (Å²) in [7, 11) is 5.83. The molecular formula is C19H15BClNS. The average molecular weight is 336 g/mol. The van der Waals surface area contributed by atoms with Crippen molar-refractivity contribution in [2.24, 2.45) is 0 Å². The summed E-state index contributed by atoms with van der Waals surface area (Å²) in [4.78, 5) is 4.51. The zero-order valence-corrected chi connectivity index (χ0v) is 14.1.